The highest BCUT2D eigenvalue weighted by atomic mass is 19.1. The highest BCUT2D eigenvalue weighted by Gasteiger charge is 2.19. The van der Waals surface area contributed by atoms with E-state index in [-0.39, 0.29) is 6.61 Å². The van der Waals surface area contributed by atoms with Crippen LogP contribution in [0.1, 0.15) is 19.8 Å². The van der Waals surface area contributed by atoms with Crippen molar-refractivity contribution in [2.24, 2.45) is 0 Å². The van der Waals surface area contributed by atoms with Gasteiger partial charge in [-0.05, 0) is 6.42 Å². The number of carbonyl (C=O) groups excluding carboxylic acids is 1. The number of carbonyl (C=O) groups is 1. The predicted molar refractivity (Wildman–Crippen MR) is 64.4 cm³/mol. The number of nitrogens with zero attached hydrogens (tertiary/aromatic N) is 1. The molecule has 0 radical (unpaired) electrons. The molecular weight excluding hydrogens is 276 g/mol. The zero-order valence-electron chi connectivity index (χ0n) is 10.7. The van der Waals surface area contributed by atoms with E-state index in [2.05, 4.69) is 0 Å². The summed E-state index contributed by atoms with van der Waals surface area (Å²) in [5.74, 6) is -3.68. The molecule has 110 valence electrons. The number of ether oxygens (including phenoxy) is 2. The van der Waals surface area contributed by atoms with E-state index in [1.807, 2.05) is 6.92 Å². The van der Waals surface area contributed by atoms with Crippen LogP contribution in [0.4, 0.5) is 14.5 Å². The molecule has 0 aliphatic heterocycles. The molecule has 0 heterocycles. The number of benzene rings is 1. The summed E-state index contributed by atoms with van der Waals surface area (Å²) >= 11 is 0. The molecular formula is C12H13F2NO5. The minimum atomic E-state index is -1.24. The van der Waals surface area contributed by atoms with Crippen LogP contribution < -0.4 is 4.74 Å². The van der Waals surface area contributed by atoms with Gasteiger partial charge < -0.3 is 9.47 Å². The van der Waals surface area contributed by atoms with Gasteiger partial charge in [0.15, 0.2) is 18.2 Å². The molecule has 0 aliphatic carbocycles. The van der Waals surface area contributed by atoms with Gasteiger partial charge in [-0.1, -0.05) is 13.3 Å². The van der Waals surface area contributed by atoms with Gasteiger partial charge in [0.2, 0.25) is 5.82 Å². The number of nitro benzene ring substituents is 1. The maximum absolute atomic E-state index is 13.4. The third-order valence-corrected chi connectivity index (χ3v) is 2.30. The Kier molecular flexibility index (Phi) is 5.82. The second-order valence-corrected chi connectivity index (χ2v) is 3.85. The third-order valence-electron chi connectivity index (χ3n) is 2.30. The fourth-order valence-electron chi connectivity index (χ4n) is 1.28. The van der Waals surface area contributed by atoms with E-state index in [9.17, 15) is 23.7 Å². The normalized spacial score (nSPS) is 10.2. The fraction of sp³-hybridized carbons (Fsp3) is 0.417. The van der Waals surface area contributed by atoms with Crippen LogP contribution >= 0.6 is 0 Å². The summed E-state index contributed by atoms with van der Waals surface area (Å²) in [5.41, 5.74) is -1.000. The Morgan fingerprint density at radius 2 is 2.05 bits per heavy atom. The third kappa shape index (κ3) is 4.45. The first kappa shape index (κ1) is 15.8. The van der Waals surface area contributed by atoms with Crippen molar-refractivity contribution in [2.75, 3.05) is 13.2 Å². The van der Waals surface area contributed by atoms with E-state index in [0.717, 1.165) is 6.42 Å². The minimum Gasteiger partial charge on any atom is -0.479 e. The molecule has 0 atom stereocenters. The highest BCUT2D eigenvalue weighted by molar-refractivity contribution is 5.71. The molecule has 1 aromatic carbocycles. The minimum absolute atomic E-state index is 0.218. The second-order valence-electron chi connectivity index (χ2n) is 3.85. The molecule has 0 fully saturated rings. The lowest BCUT2D eigenvalue weighted by Gasteiger charge is -2.07. The summed E-state index contributed by atoms with van der Waals surface area (Å²) in [5, 5.41) is 10.4. The number of esters is 1. The summed E-state index contributed by atoms with van der Waals surface area (Å²) in [4.78, 5) is 20.5. The largest absolute Gasteiger partial charge is 0.479 e. The van der Waals surface area contributed by atoms with E-state index < -0.39 is 40.6 Å². The molecule has 0 spiro atoms. The summed E-state index contributed by atoms with van der Waals surface area (Å²) in [6.45, 7) is 1.53. The highest BCUT2D eigenvalue weighted by Crippen LogP contribution is 2.26. The number of rotatable bonds is 7. The van der Waals surface area contributed by atoms with E-state index in [1.165, 1.54) is 0 Å². The SMILES string of the molecule is CCCCOC(=O)COc1cc(F)c([N+](=O)[O-])cc1F. The monoisotopic (exact) mass is 289 g/mol. The smallest absolute Gasteiger partial charge is 0.344 e. The standard InChI is InChI=1S/C12H13F2NO5/c1-2-3-4-19-12(16)7-20-11-6-8(13)10(15(17)18)5-9(11)14/h5-6H,2-4,7H2,1H3. The van der Waals surface area contributed by atoms with Gasteiger partial charge in [0, 0.05) is 6.07 Å². The molecule has 0 bridgehead atoms. The van der Waals surface area contributed by atoms with Crippen LogP contribution in [0.15, 0.2) is 12.1 Å². The molecule has 0 unspecified atom stereocenters. The lowest BCUT2D eigenvalue weighted by Crippen LogP contribution is -2.16. The van der Waals surface area contributed by atoms with Crippen molar-refractivity contribution in [1.29, 1.82) is 0 Å². The van der Waals surface area contributed by atoms with Crippen LogP contribution in [-0.4, -0.2) is 24.1 Å². The number of hydrogen-bond acceptors (Lipinski definition) is 5. The van der Waals surface area contributed by atoms with Gasteiger partial charge in [-0.2, -0.15) is 4.39 Å². The van der Waals surface area contributed by atoms with Crippen LogP contribution in [0.2, 0.25) is 0 Å². The average Bonchev–Trinajstić information content (AvgIpc) is 2.39. The van der Waals surface area contributed by atoms with Gasteiger partial charge in [-0.25, -0.2) is 9.18 Å². The topological polar surface area (TPSA) is 78.7 Å². The maximum atomic E-state index is 13.4. The van der Waals surface area contributed by atoms with Crippen LogP contribution in [0.25, 0.3) is 0 Å². The van der Waals surface area contributed by atoms with Gasteiger partial charge >= 0.3 is 11.7 Å². The molecule has 0 amide bonds. The number of nitro groups is 1. The zero-order chi connectivity index (χ0) is 15.1. The maximum Gasteiger partial charge on any atom is 0.344 e. The van der Waals surface area contributed by atoms with Crippen molar-refractivity contribution in [3.8, 4) is 5.75 Å². The summed E-state index contributed by atoms with van der Waals surface area (Å²) in [6.07, 6.45) is 1.53. The first-order chi connectivity index (χ1) is 9.45. The molecule has 8 heteroatoms. The number of halogens is 2. The molecule has 0 N–H and O–H groups in total. The Bertz CT molecular complexity index is 507. The van der Waals surface area contributed by atoms with Crippen molar-refractivity contribution in [3.05, 3.63) is 33.9 Å². The van der Waals surface area contributed by atoms with Crippen molar-refractivity contribution in [2.45, 2.75) is 19.8 Å². The van der Waals surface area contributed by atoms with Gasteiger partial charge in [-0.15, -0.1) is 0 Å². The first-order valence-corrected chi connectivity index (χ1v) is 5.87. The zero-order valence-corrected chi connectivity index (χ0v) is 10.7. The lowest BCUT2D eigenvalue weighted by molar-refractivity contribution is -0.387. The first-order valence-electron chi connectivity index (χ1n) is 5.87. The molecule has 0 saturated carbocycles. The van der Waals surface area contributed by atoms with Crippen LogP contribution in [0, 0.1) is 21.7 Å². The quantitative estimate of drug-likeness (QED) is 0.333. The Balaban J connectivity index is 2.63. The molecule has 6 nitrogen and oxygen atoms in total. The van der Waals surface area contributed by atoms with Crippen LogP contribution in [0.5, 0.6) is 5.75 Å². The van der Waals surface area contributed by atoms with Crippen molar-refractivity contribution < 1.29 is 28.0 Å². The van der Waals surface area contributed by atoms with Crippen molar-refractivity contribution >= 4 is 11.7 Å². The van der Waals surface area contributed by atoms with Crippen LogP contribution in [0.3, 0.4) is 0 Å². The summed E-state index contributed by atoms with van der Waals surface area (Å²) in [6, 6.07) is 0.917. The van der Waals surface area contributed by atoms with E-state index in [4.69, 9.17) is 9.47 Å². The Hall–Kier alpha value is -2.25. The summed E-state index contributed by atoms with van der Waals surface area (Å²) in [7, 11) is 0. The number of unbranched alkanes of at least 4 members (excludes halogenated alkanes) is 1. The summed E-state index contributed by atoms with van der Waals surface area (Å²) < 4.78 is 36.1. The van der Waals surface area contributed by atoms with Crippen molar-refractivity contribution in [1.82, 2.24) is 0 Å². The fourth-order valence-corrected chi connectivity index (χ4v) is 1.28. The Morgan fingerprint density at radius 1 is 1.35 bits per heavy atom. The van der Waals surface area contributed by atoms with Gasteiger partial charge in [0.1, 0.15) is 0 Å². The molecule has 0 saturated heterocycles. The Labute approximate surface area is 113 Å². The predicted octanol–water partition coefficient (Wildman–Crippen LogP) is 2.60. The molecule has 1 rings (SSSR count). The van der Waals surface area contributed by atoms with E-state index in [0.29, 0.717) is 18.6 Å². The van der Waals surface area contributed by atoms with Crippen LogP contribution in [-0.2, 0) is 9.53 Å². The van der Waals surface area contributed by atoms with E-state index in [1.54, 1.807) is 0 Å². The lowest BCUT2D eigenvalue weighted by atomic mass is 10.3. The van der Waals surface area contributed by atoms with Gasteiger partial charge in [-0.3, -0.25) is 10.1 Å². The van der Waals surface area contributed by atoms with Crippen molar-refractivity contribution in [3.63, 3.8) is 0 Å². The second kappa shape index (κ2) is 7.37. The average molecular weight is 289 g/mol. The van der Waals surface area contributed by atoms with E-state index >= 15 is 0 Å². The molecule has 1 aromatic rings. The number of hydrogen-bond donors (Lipinski definition) is 0. The van der Waals surface area contributed by atoms with Gasteiger partial charge in [0.05, 0.1) is 17.6 Å². The molecule has 0 aromatic heterocycles. The van der Waals surface area contributed by atoms with Gasteiger partial charge in [0.25, 0.3) is 0 Å². The Morgan fingerprint density at radius 3 is 2.65 bits per heavy atom. The molecule has 20 heavy (non-hydrogen) atoms. The molecule has 0 aliphatic rings.